The fourth-order valence-corrected chi connectivity index (χ4v) is 4.90. The molecule has 0 atom stereocenters. The Morgan fingerprint density at radius 1 is 0.703 bits per heavy atom. The summed E-state index contributed by atoms with van der Waals surface area (Å²) in [7, 11) is 0. The molecule has 0 heterocycles. The molecule has 0 fully saturated rings. The first-order chi connectivity index (χ1) is 17.4. The molecule has 37 heavy (non-hydrogen) atoms. The maximum Gasteiger partial charge on any atom is 0.338 e. The summed E-state index contributed by atoms with van der Waals surface area (Å²) >= 11 is 31.0. The van der Waals surface area contributed by atoms with Crippen LogP contribution in [-0.4, -0.2) is 39.7 Å². The Hall–Kier alpha value is -2.66. The third-order valence-corrected chi connectivity index (χ3v) is 7.81. The Morgan fingerprint density at radius 2 is 1.27 bits per heavy atom. The van der Waals surface area contributed by atoms with Gasteiger partial charge in [-0.1, -0.05) is 58.0 Å². The third-order valence-electron chi connectivity index (χ3n) is 4.67. The average Bonchev–Trinajstić information content (AvgIpc) is 2.85. The minimum atomic E-state index is -1.52. The van der Waals surface area contributed by atoms with E-state index in [1.54, 1.807) is 12.1 Å². The van der Waals surface area contributed by atoms with Crippen LogP contribution in [0.1, 0.15) is 31.1 Å². The second-order valence-electron chi connectivity index (χ2n) is 7.13. The molecule has 14 heteroatoms. The molecule has 3 aromatic carbocycles. The Labute approximate surface area is 238 Å². The lowest BCUT2D eigenvalue weighted by atomic mass is 10.1. The molecule has 0 aliphatic heterocycles. The molecule has 0 unspecified atom stereocenters. The first kappa shape index (κ1) is 28.9. The molecule has 0 aliphatic rings. The van der Waals surface area contributed by atoms with Gasteiger partial charge >= 0.3 is 11.9 Å². The van der Waals surface area contributed by atoms with Crippen LogP contribution in [0.3, 0.4) is 0 Å². The summed E-state index contributed by atoms with van der Waals surface area (Å²) in [5.74, 6) is -3.97. The second-order valence-corrected chi connectivity index (χ2v) is 10.1. The summed E-state index contributed by atoms with van der Waals surface area (Å²) in [6.45, 7) is 0. The number of carboxylic acid groups (broad SMARTS) is 2. The Bertz CT molecular complexity index is 1430. The van der Waals surface area contributed by atoms with E-state index in [1.807, 2.05) is 0 Å². The number of thioether (sulfide) groups is 1. The predicted octanol–water partition coefficient (Wildman–Crippen LogP) is 7.33. The summed E-state index contributed by atoms with van der Waals surface area (Å²) < 4.78 is 0. The Kier molecular flexibility index (Phi) is 9.57. The molecule has 0 radical (unpaired) electrons. The number of hydrogen-bond acceptors (Lipinski definition) is 5. The van der Waals surface area contributed by atoms with Gasteiger partial charge in [-0.2, -0.15) is 0 Å². The van der Waals surface area contributed by atoms with Crippen LogP contribution in [0, 0.1) is 0 Å². The van der Waals surface area contributed by atoms with Gasteiger partial charge in [0, 0.05) is 16.3 Å². The van der Waals surface area contributed by atoms with Gasteiger partial charge in [-0.15, -0.1) is 11.8 Å². The van der Waals surface area contributed by atoms with Crippen molar-refractivity contribution in [1.82, 2.24) is 0 Å². The monoisotopic (exact) mass is 620 g/mol. The molecule has 3 rings (SSSR count). The van der Waals surface area contributed by atoms with Crippen LogP contribution in [0.4, 0.5) is 11.4 Å². The molecule has 0 aliphatic carbocycles. The number of carbonyl (C=O) groups is 4. The summed E-state index contributed by atoms with van der Waals surface area (Å²) in [6, 6.07) is 10.4. The van der Waals surface area contributed by atoms with E-state index < -0.39 is 34.0 Å². The van der Waals surface area contributed by atoms with Crippen molar-refractivity contribution in [3.8, 4) is 0 Å². The molecule has 192 valence electrons. The topological polar surface area (TPSA) is 133 Å². The van der Waals surface area contributed by atoms with Gasteiger partial charge in [0.05, 0.1) is 47.6 Å². The standard InChI is InChI=1S/C23H13Cl5N2O6S/c24-13-6-3-10(7-12(13)22(33)34)29-14(31)8-37-11-4-1-9(2-5-11)30-21(32)15-16(23(35)36)18(26)20(28)19(27)17(15)25/h1-7H,8H2,(H,29,31)(H,30,32)(H,33,34)(H,35,36). The van der Waals surface area contributed by atoms with Crippen molar-refractivity contribution in [2.45, 2.75) is 4.90 Å². The minimum absolute atomic E-state index is 0.0100. The number of carbonyl (C=O) groups excluding carboxylic acids is 2. The van der Waals surface area contributed by atoms with E-state index in [-0.39, 0.29) is 43.0 Å². The van der Waals surface area contributed by atoms with Crippen LogP contribution in [0.25, 0.3) is 0 Å². The largest absolute Gasteiger partial charge is 0.478 e. The zero-order valence-electron chi connectivity index (χ0n) is 18.1. The highest BCUT2D eigenvalue weighted by Gasteiger charge is 2.29. The fraction of sp³-hybridized carbons (Fsp3) is 0.0435. The molecule has 8 nitrogen and oxygen atoms in total. The number of amides is 2. The number of anilines is 2. The lowest BCUT2D eigenvalue weighted by Gasteiger charge is -2.14. The normalized spacial score (nSPS) is 10.6. The molecule has 0 aromatic heterocycles. The number of rotatable bonds is 8. The highest BCUT2D eigenvalue weighted by molar-refractivity contribution is 8.00. The lowest BCUT2D eigenvalue weighted by molar-refractivity contribution is -0.113. The zero-order valence-corrected chi connectivity index (χ0v) is 22.7. The van der Waals surface area contributed by atoms with Gasteiger partial charge in [0.1, 0.15) is 0 Å². The molecule has 0 bridgehead atoms. The summed E-state index contributed by atoms with van der Waals surface area (Å²) in [5.41, 5.74) is -0.586. The van der Waals surface area contributed by atoms with Crippen molar-refractivity contribution >= 4 is 105 Å². The second kappa shape index (κ2) is 12.3. The van der Waals surface area contributed by atoms with E-state index in [4.69, 9.17) is 63.1 Å². The van der Waals surface area contributed by atoms with E-state index in [0.717, 1.165) is 0 Å². The van der Waals surface area contributed by atoms with E-state index in [2.05, 4.69) is 10.6 Å². The highest BCUT2D eigenvalue weighted by Crippen LogP contribution is 2.41. The van der Waals surface area contributed by atoms with Crippen LogP contribution in [0.5, 0.6) is 0 Å². The molecule has 2 amide bonds. The maximum atomic E-state index is 12.8. The van der Waals surface area contributed by atoms with Crippen LogP contribution in [0.15, 0.2) is 47.4 Å². The quantitative estimate of drug-likeness (QED) is 0.117. The smallest absolute Gasteiger partial charge is 0.338 e. The molecule has 0 saturated carbocycles. The van der Waals surface area contributed by atoms with Gasteiger partial charge in [-0.25, -0.2) is 9.59 Å². The lowest BCUT2D eigenvalue weighted by Crippen LogP contribution is -2.18. The van der Waals surface area contributed by atoms with Crippen molar-refractivity contribution in [1.29, 1.82) is 0 Å². The summed E-state index contributed by atoms with van der Waals surface area (Å²) in [5, 5.41) is 22.5. The molecule has 3 aromatic rings. The molecule has 0 spiro atoms. The third kappa shape index (κ3) is 6.81. The first-order valence-electron chi connectivity index (χ1n) is 9.86. The molecule has 4 N–H and O–H groups in total. The van der Waals surface area contributed by atoms with Crippen LogP contribution in [0.2, 0.25) is 25.1 Å². The number of aromatic carboxylic acids is 2. The van der Waals surface area contributed by atoms with Gasteiger partial charge in [0.25, 0.3) is 5.91 Å². The summed E-state index contributed by atoms with van der Waals surface area (Å²) in [4.78, 5) is 48.6. The highest BCUT2D eigenvalue weighted by atomic mass is 35.5. The van der Waals surface area contributed by atoms with E-state index in [0.29, 0.717) is 10.6 Å². The fourth-order valence-electron chi connectivity index (χ4n) is 2.99. The van der Waals surface area contributed by atoms with Gasteiger partial charge in [0.15, 0.2) is 0 Å². The molecular weight excluding hydrogens is 610 g/mol. The van der Waals surface area contributed by atoms with Crippen LogP contribution < -0.4 is 10.6 Å². The zero-order chi connectivity index (χ0) is 27.4. The van der Waals surface area contributed by atoms with Crippen LogP contribution >= 0.6 is 69.8 Å². The summed E-state index contributed by atoms with van der Waals surface area (Å²) in [6.07, 6.45) is 0. The van der Waals surface area contributed by atoms with Gasteiger partial charge in [-0.3, -0.25) is 9.59 Å². The van der Waals surface area contributed by atoms with Crippen LogP contribution in [-0.2, 0) is 4.79 Å². The van der Waals surface area contributed by atoms with E-state index in [1.165, 1.54) is 42.1 Å². The molecule has 0 saturated heterocycles. The number of nitrogens with one attached hydrogen (secondary N) is 2. The predicted molar refractivity (Wildman–Crippen MR) is 146 cm³/mol. The number of halogens is 5. The number of carboxylic acids is 2. The van der Waals surface area contributed by atoms with Gasteiger partial charge < -0.3 is 20.8 Å². The Balaban J connectivity index is 1.66. The van der Waals surface area contributed by atoms with Crippen molar-refractivity contribution in [2.24, 2.45) is 0 Å². The maximum absolute atomic E-state index is 12.8. The Morgan fingerprint density at radius 3 is 1.84 bits per heavy atom. The SMILES string of the molecule is O=C(CSc1ccc(NC(=O)c2c(Cl)c(Cl)c(Cl)c(Cl)c2C(=O)O)cc1)Nc1ccc(Cl)c(C(=O)O)c1. The van der Waals surface area contributed by atoms with Crippen molar-refractivity contribution in [3.05, 3.63) is 84.3 Å². The van der Waals surface area contributed by atoms with E-state index >= 15 is 0 Å². The van der Waals surface area contributed by atoms with Crippen molar-refractivity contribution in [2.75, 3.05) is 16.4 Å². The number of hydrogen-bond donors (Lipinski definition) is 4. The number of benzene rings is 3. The van der Waals surface area contributed by atoms with Crippen molar-refractivity contribution in [3.63, 3.8) is 0 Å². The molecular formula is C23H13Cl5N2O6S. The first-order valence-corrected chi connectivity index (χ1v) is 12.7. The average molecular weight is 623 g/mol. The minimum Gasteiger partial charge on any atom is -0.478 e. The van der Waals surface area contributed by atoms with E-state index in [9.17, 15) is 24.3 Å². The van der Waals surface area contributed by atoms with Gasteiger partial charge in [0.2, 0.25) is 5.91 Å². The van der Waals surface area contributed by atoms with Gasteiger partial charge in [-0.05, 0) is 42.5 Å². The van der Waals surface area contributed by atoms with Crippen molar-refractivity contribution < 1.29 is 29.4 Å².